The summed E-state index contributed by atoms with van der Waals surface area (Å²) in [6.45, 7) is 2.59. The number of ketones is 1. The van der Waals surface area contributed by atoms with Crippen LogP contribution < -0.4 is 10.6 Å². The van der Waals surface area contributed by atoms with E-state index in [1.807, 2.05) is 36.4 Å². The molecule has 7 heteroatoms. The Bertz CT molecular complexity index is 1520. The Morgan fingerprint density at radius 3 is 1.50 bits per heavy atom. The van der Waals surface area contributed by atoms with Crippen molar-refractivity contribution < 1.29 is 19.2 Å². The molecule has 1 aliphatic heterocycles. The normalized spacial score (nSPS) is 23.7. The van der Waals surface area contributed by atoms with Gasteiger partial charge in [0.2, 0.25) is 11.8 Å². The van der Waals surface area contributed by atoms with Crippen LogP contribution >= 0.6 is 0 Å². The molecule has 1 heterocycles. The summed E-state index contributed by atoms with van der Waals surface area (Å²) >= 11 is 0. The van der Waals surface area contributed by atoms with Crippen LogP contribution in [0, 0.1) is 11.8 Å². The van der Waals surface area contributed by atoms with Crippen molar-refractivity contribution in [1.82, 2.24) is 15.5 Å². The number of hydrogen-bond donors (Lipinski definition) is 2. The van der Waals surface area contributed by atoms with Gasteiger partial charge in [0, 0.05) is 54.6 Å². The fourth-order valence-corrected chi connectivity index (χ4v) is 7.65. The van der Waals surface area contributed by atoms with Crippen molar-refractivity contribution in [2.75, 3.05) is 13.1 Å². The second-order valence-corrected chi connectivity index (χ2v) is 14.7. The third-order valence-electron chi connectivity index (χ3n) is 10.9. The molecule has 2 N–H and O–H groups in total. The summed E-state index contributed by atoms with van der Waals surface area (Å²) in [7, 11) is 0. The minimum absolute atomic E-state index is 0.0323. The van der Waals surface area contributed by atoms with E-state index in [1.165, 1.54) is 56.1 Å². The SMILES string of the molecule is CCCCCCCCCCCC(=O)c1ccc(C(=O)N2C[C@@H](C(=O)N[C@H]3C[C@@H]3c3ccccc3)[C@H](C(=O)N[C@H]3C[C@@H]3c3ccccc3)C2)cc1. The van der Waals surface area contributed by atoms with Crippen LogP contribution in [-0.2, 0) is 9.59 Å². The minimum Gasteiger partial charge on any atom is -0.352 e. The van der Waals surface area contributed by atoms with Gasteiger partial charge in [-0.2, -0.15) is 0 Å². The lowest BCUT2D eigenvalue weighted by Gasteiger charge is -2.18. The van der Waals surface area contributed by atoms with Crippen LogP contribution in [0.1, 0.15) is 128 Å². The van der Waals surface area contributed by atoms with E-state index < -0.39 is 11.8 Å². The lowest BCUT2D eigenvalue weighted by atomic mass is 9.94. The van der Waals surface area contributed by atoms with E-state index in [4.69, 9.17) is 0 Å². The summed E-state index contributed by atoms with van der Waals surface area (Å²) in [4.78, 5) is 55.7. The summed E-state index contributed by atoms with van der Waals surface area (Å²) in [5.74, 6) is -1.20. The number of amides is 3. The van der Waals surface area contributed by atoms with Gasteiger partial charge >= 0.3 is 0 Å². The lowest BCUT2D eigenvalue weighted by molar-refractivity contribution is -0.133. The summed E-state index contributed by atoms with van der Waals surface area (Å²) in [5.41, 5.74) is 3.48. The van der Waals surface area contributed by atoms with Gasteiger partial charge in [-0.05, 0) is 42.5 Å². The van der Waals surface area contributed by atoms with Crippen molar-refractivity contribution >= 4 is 23.5 Å². The number of nitrogens with zero attached hydrogens (tertiary/aromatic N) is 1. The molecule has 0 bridgehead atoms. The van der Waals surface area contributed by atoms with E-state index >= 15 is 0 Å². The first-order chi connectivity index (χ1) is 24.4. The van der Waals surface area contributed by atoms with Gasteiger partial charge < -0.3 is 15.5 Å². The number of Topliss-reactive ketones (excluding diaryl/α,β-unsaturated/α-hetero) is 1. The van der Waals surface area contributed by atoms with Crippen molar-refractivity contribution in [1.29, 1.82) is 0 Å². The van der Waals surface area contributed by atoms with Gasteiger partial charge in [-0.3, -0.25) is 19.2 Å². The molecular weight excluding hydrogens is 622 g/mol. The summed E-state index contributed by atoms with van der Waals surface area (Å²) < 4.78 is 0. The number of nitrogens with one attached hydrogen (secondary N) is 2. The van der Waals surface area contributed by atoms with Crippen LogP contribution in [0.25, 0.3) is 0 Å². The molecule has 3 aromatic carbocycles. The molecule has 7 nitrogen and oxygen atoms in total. The van der Waals surface area contributed by atoms with Gasteiger partial charge in [0.1, 0.15) is 0 Å². The molecule has 6 rings (SSSR count). The highest BCUT2D eigenvalue weighted by Crippen LogP contribution is 2.42. The molecule has 2 aliphatic carbocycles. The average Bonchev–Trinajstić information content (AvgIpc) is 4.06. The molecule has 0 radical (unpaired) electrons. The van der Waals surface area contributed by atoms with E-state index in [2.05, 4.69) is 41.8 Å². The molecule has 3 aromatic rings. The van der Waals surface area contributed by atoms with Gasteiger partial charge in [0.15, 0.2) is 5.78 Å². The third-order valence-corrected chi connectivity index (χ3v) is 10.9. The highest BCUT2D eigenvalue weighted by molar-refractivity contribution is 5.99. The van der Waals surface area contributed by atoms with Gasteiger partial charge in [0.25, 0.3) is 5.91 Å². The fourth-order valence-electron chi connectivity index (χ4n) is 7.65. The Labute approximate surface area is 297 Å². The Morgan fingerprint density at radius 2 is 1.02 bits per heavy atom. The Balaban J connectivity index is 1.03. The van der Waals surface area contributed by atoms with E-state index in [9.17, 15) is 19.2 Å². The third kappa shape index (κ3) is 9.29. The largest absolute Gasteiger partial charge is 0.352 e. The minimum atomic E-state index is -0.637. The second kappa shape index (κ2) is 17.1. The van der Waals surface area contributed by atoms with Crippen LogP contribution in [-0.4, -0.2) is 53.6 Å². The molecule has 0 spiro atoms. The number of benzene rings is 3. The maximum Gasteiger partial charge on any atom is 0.253 e. The first kappa shape index (κ1) is 35.6. The van der Waals surface area contributed by atoms with Crippen molar-refractivity contribution in [3.8, 4) is 0 Å². The van der Waals surface area contributed by atoms with Crippen molar-refractivity contribution in [3.63, 3.8) is 0 Å². The predicted molar refractivity (Wildman–Crippen MR) is 197 cm³/mol. The summed E-state index contributed by atoms with van der Waals surface area (Å²) in [5, 5.41) is 6.39. The Morgan fingerprint density at radius 1 is 0.580 bits per heavy atom. The summed E-state index contributed by atoms with van der Waals surface area (Å²) in [6, 6.07) is 27.3. The number of rotatable bonds is 18. The van der Waals surface area contributed by atoms with Crippen molar-refractivity contribution in [2.45, 2.75) is 108 Å². The number of carbonyl (C=O) groups excluding carboxylic acids is 4. The van der Waals surface area contributed by atoms with Gasteiger partial charge in [-0.25, -0.2) is 0 Å². The number of likely N-dealkylation sites (tertiary alicyclic amines) is 1. The van der Waals surface area contributed by atoms with E-state index in [-0.39, 0.29) is 60.5 Å². The molecule has 6 atom stereocenters. The molecular formula is C43H53N3O4. The average molecular weight is 676 g/mol. The number of hydrogen-bond acceptors (Lipinski definition) is 4. The number of unbranched alkanes of at least 4 members (excludes halogenated alkanes) is 8. The summed E-state index contributed by atoms with van der Waals surface area (Å²) in [6.07, 6.45) is 13.1. The van der Waals surface area contributed by atoms with E-state index in [0.29, 0.717) is 17.5 Å². The monoisotopic (exact) mass is 675 g/mol. The molecule has 3 aliphatic rings. The zero-order chi connectivity index (χ0) is 34.9. The van der Waals surface area contributed by atoms with Gasteiger partial charge in [-0.1, -0.05) is 131 Å². The van der Waals surface area contributed by atoms with Crippen LogP contribution in [0.2, 0.25) is 0 Å². The lowest BCUT2D eigenvalue weighted by Crippen LogP contribution is -2.43. The standard InChI is InChI=1S/C43H53N3O4/c1-2-3-4-5-6-7-8-9-16-21-40(47)32-22-24-33(25-23-32)43(50)46-28-36(41(48)44-38-26-34(38)30-17-12-10-13-18-30)37(29-46)42(49)45-39-27-35(39)31-19-14-11-15-20-31/h10-15,17-20,22-25,34-39H,2-9,16,21,26-29H2,1H3,(H,44,48)(H,45,49)/t34-,35-,36-,37-,38+,39+/m1/s1. The molecule has 1 saturated heterocycles. The maximum atomic E-state index is 13.7. The van der Waals surface area contributed by atoms with Crippen LogP contribution in [0.15, 0.2) is 84.9 Å². The zero-order valence-corrected chi connectivity index (χ0v) is 29.5. The first-order valence-electron chi connectivity index (χ1n) is 19.1. The van der Waals surface area contributed by atoms with Crippen LogP contribution in [0.4, 0.5) is 0 Å². The van der Waals surface area contributed by atoms with Crippen LogP contribution in [0.5, 0.6) is 0 Å². The van der Waals surface area contributed by atoms with E-state index in [0.717, 1.165) is 25.7 Å². The smallest absolute Gasteiger partial charge is 0.253 e. The highest BCUT2D eigenvalue weighted by atomic mass is 16.2. The predicted octanol–water partition coefficient (Wildman–Crippen LogP) is 7.82. The molecule has 0 aromatic heterocycles. The van der Waals surface area contributed by atoms with Crippen molar-refractivity contribution in [3.05, 3.63) is 107 Å². The number of carbonyl (C=O) groups is 4. The first-order valence-corrected chi connectivity index (χ1v) is 19.1. The Kier molecular flexibility index (Phi) is 12.2. The van der Waals surface area contributed by atoms with Gasteiger partial charge in [0.05, 0.1) is 11.8 Å². The van der Waals surface area contributed by atoms with Crippen LogP contribution in [0.3, 0.4) is 0 Å². The molecule has 3 fully saturated rings. The Hall–Kier alpha value is -4.26. The molecule has 2 saturated carbocycles. The zero-order valence-electron chi connectivity index (χ0n) is 29.5. The molecule has 3 amide bonds. The highest BCUT2D eigenvalue weighted by Gasteiger charge is 2.48. The fraction of sp³-hybridized carbons (Fsp3) is 0.488. The van der Waals surface area contributed by atoms with Crippen molar-refractivity contribution in [2.24, 2.45) is 11.8 Å². The van der Waals surface area contributed by atoms with Gasteiger partial charge in [-0.15, -0.1) is 0 Å². The topological polar surface area (TPSA) is 95.6 Å². The quantitative estimate of drug-likeness (QED) is 0.106. The molecule has 50 heavy (non-hydrogen) atoms. The maximum absolute atomic E-state index is 13.7. The molecule has 264 valence electrons. The molecule has 0 unspecified atom stereocenters. The van der Waals surface area contributed by atoms with E-state index in [1.54, 1.807) is 29.2 Å². The second-order valence-electron chi connectivity index (χ2n) is 14.7.